The second-order valence-electron chi connectivity index (χ2n) is 1.88. The van der Waals surface area contributed by atoms with Gasteiger partial charge in [-0.05, 0) is 12.2 Å². The summed E-state index contributed by atoms with van der Waals surface area (Å²) < 4.78 is 0. The quantitative estimate of drug-likeness (QED) is 0.377. The van der Waals surface area contributed by atoms with E-state index >= 15 is 0 Å². The molecule has 4 heteroatoms. The summed E-state index contributed by atoms with van der Waals surface area (Å²) in [5.74, 6) is 4.88. The van der Waals surface area contributed by atoms with E-state index in [1.807, 2.05) is 0 Å². The molecule has 0 aromatic rings. The molecule has 0 aliphatic heterocycles. The van der Waals surface area contributed by atoms with E-state index in [-0.39, 0.29) is 0 Å². The van der Waals surface area contributed by atoms with Crippen LogP contribution in [0.5, 0.6) is 0 Å². The van der Waals surface area contributed by atoms with Crippen molar-refractivity contribution in [3.63, 3.8) is 0 Å². The molecule has 0 spiro atoms. The van der Waals surface area contributed by atoms with E-state index < -0.39 is 0 Å². The van der Waals surface area contributed by atoms with Gasteiger partial charge in [-0.2, -0.15) is 0 Å². The van der Waals surface area contributed by atoms with E-state index in [1.54, 1.807) is 4.90 Å². The van der Waals surface area contributed by atoms with E-state index in [0.29, 0.717) is 18.2 Å². The highest BCUT2D eigenvalue weighted by atomic mass is 32.1. The number of nitrogens with zero attached hydrogens (tertiary/aromatic N) is 1. The van der Waals surface area contributed by atoms with Gasteiger partial charge in [0, 0.05) is 0 Å². The topological polar surface area (TPSA) is 24.5 Å². The minimum atomic E-state index is 0.374. The molecular weight excluding hydrogens is 172 g/mol. The summed E-state index contributed by atoms with van der Waals surface area (Å²) in [5.41, 5.74) is 2.48. The number of nitrogens with one attached hydrogen (secondary N) is 1. The second kappa shape index (κ2) is 6.48. The zero-order chi connectivity index (χ0) is 9.40. The van der Waals surface area contributed by atoms with Gasteiger partial charge in [-0.3, -0.25) is 4.84 Å². The number of hydrogen-bond acceptors (Lipinski definition) is 2. The molecule has 0 aliphatic rings. The van der Waals surface area contributed by atoms with Crippen LogP contribution in [0.4, 0.5) is 0 Å². The van der Waals surface area contributed by atoms with Crippen LogP contribution >= 0.6 is 12.2 Å². The third kappa shape index (κ3) is 3.82. The van der Waals surface area contributed by atoms with Crippen molar-refractivity contribution in [3.8, 4) is 24.7 Å². The lowest BCUT2D eigenvalue weighted by Crippen LogP contribution is -2.39. The molecule has 12 heavy (non-hydrogen) atoms. The molecule has 64 valence electrons. The maximum atomic E-state index is 5.11. The predicted octanol–water partition coefficient (Wildman–Crippen LogP) is -0.00930. The Morgan fingerprint density at radius 1 is 1.50 bits per heavy atom. The monoisotopic (exact) mass is 182 g/mol. The van der Waals surface area contributed by atoms with E-state index in [1.165, 1.54) is 7.11 Å². The lowest BCUT2D eigenvalue weighted by molar-refractivity contribution is 0.136. The molecule has 3 nitrogen and oxygen atoms in total. The maximum absolute atomic E-state index is 5.11. The molecule has 0 atom stereocenters. The van der Waals surface area contributed by atoms with E-state index in [9.17, 15) is 0 Å². The van der Waals surface area contributed by atoms with Crippen LogP contribution in [0.25, 0.3) is 0 Å². The third-order valence-electron chi connectivity index (χ3n) is 1.04. The fourth-order valence-corrected chi connectivity index (χ4v) is 0.784. The molecule has 0 bridgehead atoms. The zero-order valence-corrected chi connectivity index (χ0v) is 7.65. The summed E-state index contributed by atoms with van der Waals surface area (Å²) in [6.07, 6.45) is 10.2. The van der Waals surface area contributed by atoms with Gasteiger partial charge >= 0.3 is 0 Å². The van der Waals surface area contributed by atoms with E-state index in [4.69, 9.17) is 25.1 Å². The Labute approximate surface area is 78.0 Å². The molecule has 0 unspecified atom stereocenters. The Bertz CT molecular complexity index is 210. The minimum absolute atomic E-state index is 0.374. The maximum Gasteiger partial charge on any atom is 0.194 e. The summed E-state index contributed by atoms with van der Waals surface area (Å²) in [4.78, 5) is 6.24. The molecule has 0 saturated heterocycles. The predicted molar refractivity (Wildman–Crippen MR) is 52.0 cm³/mol. The standard InChI is InChI=1S/C8H10N2OS/c1-4-6-10(7-5-2)8(12)9-11-3/h1-2H,6-7H2,3H3,(H,9,12). The summed E-state index contributed by atoms with van der Waals surface area (Å²) >= 11 is 4.90. The molecule has 1 N–H and O–H groups in total. The molecule has 0 heterocycles. The van der Waals surface area contributed by atoms with Crippen LogP contribution < -0.4 is 5.48 Å². The van der Waals surface area contributed by atoms with Crippen molar-refractivity contribution in [1.29, 1.82) is 0 Å². The molecule has 0 aliphatic carbocycles. The number of hydroxylamine groups is 1. The fourth-order valence-electron chi connectivity index (χ4n) is 0.572. The third-order valence-corrected chi connectivity index (χ3v) is 1.38. The molecule has 0 aromatic carbocycles. The Kier molecular flexibility index (Phi) is 5.81. The Morgan fingerprint density at radius 2 is 2.00 bits per heavy atom. The lowest BCUT2D eigenvalue weighted by Gasteiger charge is -2.19. The van der Waals surface area contributed by atoms with Crippen molar-refractivity contribution < 1.29 is 4.84 Å². The van der Waals surface area contributed by atoms with Crippen molar-refractivity contribution in [1.82, 2.24) is 10.4 Å². The van der Waals surface area contributed by atoms with Crippen molar-refractivity contribution >= 4 is 17.3 Å². The van der Waals surface area contributed by atoms with E-state index in [0.717, 1.165) is 0 Å². The van der Waals surface area contributed by atoms with Crippen LogP contribution in [0.15, 0.2) is 0 Å². The highest BCUT2D eigenvalue weighted by Crippen LogP contribution is 1.87. The van der Waals surface area contributed by atoms with Crippen LogP contribution in [0.2, 0.25) is 0 Å². The van der Waals surface area contributed by atoms with Crippen LogP contribution in [0, 0.1) is 24.7 Å². The fraction of sp³-hybridized carbons (Fsp3) is 0.375. The molecule has 0 radical (unpaired) electrons. The second-order valence-corrected chi connectivity index (χ2v) is 2.26. The van der Waals surface area contributed by atoms with Gasteiger partial charge in [-0.1, -0.05) is 11.8 Å². The Morgan fingerprint density at radius 3 is 2.33 bits per heavy atom. The van der Waals surface area contributed by atoms with Gasteiger partial charge in [0.15, 0.2) is 5.11 Å². The highest BCUT2D eigenvalue weighted by Gasteiger charge is 2.04. The van der Waals surface area contributed by atoms with Gasteiger partial charge in [0.1, 0.15) is 0 Å². The minimum Gasteiger partial charge on any atom is -0.325 e. The van der Waals surface area contributed by atoms with Crippen LogP contribution in [-0.4, -0.2) is 30.2 Å². The Balaban J connectivity index is 4.03. The summed E-state index contributed by atoms with van der Waals surface area (Å²) in [6, 6.07) is 0. The summed E-state index contributed by atoms with van der Waals surface area (Å²) in [6.45, 7) is 0.749. The molecule has 0 saturated carbocycles. The van der Waals surface area contributed by atoms with Gasteiger partial charge in [0.2, 0.25) is 0 Å². The van der Waals surface area contributed by atoms with Gasteiger partial charge < -0.3 is 4.90 Å². The highest BCUT2D eigenvalue weighted by molar-refractivity contribution is 7.80. The first-order chi connectivity index (χ1) is 5.76. The summed E-state index contributed by atoms with van der Waals surface area (Å²) in [5, 5.41) is 0.397. The van der Waals surface area contributed by atoms with Crippen molar-refractivity contribution in [2.45, 2.75) is 0 Å². The molecule has 0 aromatic heterocycles. The van der Waals surface area contributed by atoms with Gasteiger partial charge in [-0.25, -0.2) is 5.48 Å². The van der Waals surface area contributed by atoms with Crippen molar-refractivity contribution in [3.05, 3.63) is 0 Å². The number of thiocarbonyl (C=S) groups is 1. The van der Waals surface area contributed by atoms with Crippen LogP contribution in [-0.2, 0) is 4.84 Å². The first-order valence-corrected chi connectivity index (χ1v) is 3.62. The average molecular weight is 182 g/mol. The van der Waals surface area contributed by atoms with Crippen LogP contribution in [0.1, 0.15) is 0 Å². The smallest absolute Gasteiger partial charge is 0.194 e. The molecular formula is C8H10N2OS. The first kappa shape index (κ1) is 10.8. The molecule has 0 amide bonds. The molecule has 0 rings (SSSR count). The van der Waals surface area contributed by atoms with Crippen LogP contribution in [0.3, 0.4) is 0 Å². The first-order valence-electron chi connectivity index (χ1n) is 3.21. The number of terminal acetylenes is 2. The zero-order valence-electron chi connectivity index (χ0n) is 6.83. The SMILES string of the molecule is C#CCN(CC#C)C(=S)NOC. The molecule has 0 fully saturated rings. The van der Waals surface area contributed by atoms with E-state index in [2.05, 4.69) is 22.2 Å². The number of rotatable bonds is 3. The normalized spacial score (nSPS) is 7.92. The van der Waals surface area contributed by atoms with Gasteiger partial charge in [0.25, 0.3) is 0 Å². The lowest BCUT2D eigenvalue weighted by atomic mass is 10.5. The van der Waals surface area contributed by atoms with Gasteiger partial charge in [-0.15, -0.1) is 12.8 Å². The number of hydrogen-bond donors (Lipinski definition) is 1. The Hall–Kier alpha value is -1.23. The van der Waals surface area contributed by atoms with Crippen molar-refractivity contribution in [2.24, 2.45) is 0 Å². The average Bonchev–Trinajstić information content (AvgIpc) is 2.04. The van der Waals surface area contributed by atoms with Gasteiger partial charge in [0.05, 0.1) is 20.2 Å². The largest absolute Gasteiger partial charge is 0.325 e. The van der Waals surface area contributed by atoms with Crippen molar-refractivity contribution in [2.75, 3.05) is 20.2 Å². The summed E-state index contributed by atoms with van der Waals surface area (Å²) in [7, 11) is 1.47.